The van der Waals surface area contributed by atoms with Crippen LogP contribution in [0.2, 0.25) is 0 Å². The minimum atomic E-state index is -0.563. The van der Waals surface area contributed by atoms with Gasteiger partial charge in [0.05, 0.1) is 31.2 Å². The number of amides is 1. The first-order chi connectivity index (χ1) is 13.0. The van der Waals surface area contributed by atoms with Crippen molar-refractivity contribution in [2.45, 2.75) is 6.04 Å². The predicted octanol–water partition coefficient (Wildman–Crippen LogP) is 3.75. The molecule has 3 aromatic rings. The van der Waals surface area contributed by atoms with Crippen LogP contribution in [0.3, 0.4) is 0 Å². The van der Waals surface area contributed by atoms with Crippen molar-refractivity contribution in [3.8, 4) is 11.5 Å². The van der Waals surface area contributed by atoms with Gasteiger partial charge in [-0.2, -0.15) is 0 Å². The summed E-state index contributed by atoms with van der Waals surface area (Å²) in [5, 5.41) is 0.428. The molecule has 0 aliphatic carbocycles. The van der Waals surface area contributed by atoms with Crippen molar-refractivity contribution >= 4 is 32.8 Å². The summed E-state index contributed by atoms with van der Waals surface area (Å²) >= 11 is 3.38. The maximum absolute atomic E-state index is 13.2. The Hall–Kier alpha value is -2.80. The van der Waals surface area contributed by atoms with Crippen LogP contribution in [-0.4, -0.2) is 32.1 Å². The normalized spacial score (nSPS) is 15.9. The molecular formula is C20H16BrNO5. The van der Waals surface area contributed by atoms with E-state index in [4.69, 9.17) is 13.9 Å². The summed E-state index contributed by atoms with van der Waals surface area (Å²) in [5.41, 5.74) is 1.24. The van der Waals surface area contributed by atoms with Crippen LogP contribution in [0.5, 0.6) is 11.5 Å². The van der Waals surface area contributed by atoms with Crippen LogP contribution in [-0.2, 0) is 0 Å². The molecule has 0 saturated heterocycles. The maximum Gasteiger partial charge on any atom is 0.290 e. The summed E-state index contributed by atoms with van der Waals surface area (Å²) in [7, 11) is 4.74. The summed E-state index contributed by atoms with van der Waals surface area (Å²) in [6.45, 7) is 0. The van der Waals surface area contributed by atoms with Gasteiger partial charge in [-0.3, -0.25) is 9.59 Å². The summed E-state index contributed by atoms with van der Waals surface area (Å²) in [6.07, 6.45) is 0. The van der Waals surface area contributed by atoms with Gasteiger partial charge >= 0.3 is 0 Å². The fraction of sp³-hybridized carbons (Fsp3) is 0.200. The standard InChI is InChI=1S/C20H16BrNO5/c1-22-17(10-4-6-14(25-2)15(8-10)26-3)16-18(23)12-9-11(21)5-7-13(12)27-19(16)20(22)24/h4-9,17H,1-3H3/t17-/m0/s1. The van der Waals surface area contributed by atoms with Crippen molar-refractivity contribution in [3.05, 3.63) is 68.0 Å². The number of nitrogens with zero attached hydrogens (tertiary/aromatic N) is 1. The number of methoxy groups -OCH3 is 2. The SMILES string of the molecule is COc1ccc([C@H]2c3c(oc4ccc(Br)cc4c3=O)C(=O)N2C)cc1OC. The Balaban J connectivity index is 1.98. The second kappa shape index (κ2) is 6.42. The van der Waals surface area contributed by atoms with Gasteiger partial charge in [-0.05, 0) is 35.9 Å². The highest BCUT2D eigenvalue weighted by Crippen LogP contribution is 2.40. The van der Waals surface area contributed by atoms with Crippen molar-refractivity contribution in [3.63, 3.8) is 0 Å². The largest absolute Gasteiger partial charge is 0.493 e. The first-order valence-electron chi connectivity index (χ1n) is 8.21. The van der Waals surface area contributed by atoms with Crippen LogP contribution >= 0.6 is 15.9 Å². The van der Waals surface area contributed by atoms with E-state index in [0.29, 0.717) is 28.0 Å². The zero-order chi connectivity index (χ0) is 19.3. The molecule has 0 fully saturated rings. The number of halogens is 1. The highest BCUT2D eigenvalue weighted by Gasteiger charge is 2.41. The number of benzene rings is 2. The molecule has 0 saturated carbocycles. The van der Waals surface area contributed by atoms with E-state index in [1.54, 1.807) is 51.6 Å². The van der Waals surface area contributed by atoms with Gasteiger partial charge in [0.2, 0.25) is 5.76 Å². The number of carbonyl (C=O) groups excluding carboxylic acids is 1. The van der Waals surface area contributed by atoms with Gasteiger partial charge in [-0.25, -0.2) is 0 Å². The van der Waals surface area contributed by atoms with Gasteiger partial charge in [0.1, 0.15) is 5.58 Å². The van der Waals surface area contributed by atoms with Crippen molar-refractivity contribution < 1.29 is 18.7 Å². The Bertz CT molecular complexity index is 1140. The van der Waals surface area contributed by atoms with Crippen LogP contribution in [0.25, 0.3) is 11.0 Å². The molecule has 0 spiro atoms. The molecule has 0 N–H and O–H groups in total. The Morgan fingerprint density at radius 1 is 1.04 bits per heavy atom. The molecule has 138 valence electrons. The number of hydrogen-bond donors (Lipinski definition) is 0. The summed E-state index contributed by atoms with van der Waals surface area (Å²) < 4.78 is 17.2. The van der Waals surface area contributed by atoms with E-state index in [-0.39, 0.29) is 17.1 Å². The minimum absolute atomic E-state index is 0.0807. The molecule has 6 nitrogen and oxygen atoms in total. The molecule has 0 radical (unpaired) electrons. The molecule has 2 aromatic carbocycles. The van der Waals surface area contributed by atoms with Gasteiger partial charge in [-0.1, -0.05) is 22.0 Å². The molecule has 0 bridgehead atoms. The van der Waals surface area contributed by atoms with Crippen LogP contribution < -0.4 is 14.9 Å². The van der Waals surface area contributed by atoms with Crippen molar-refractivity contribution in [1.29, 1.82) is 0 Å². The lowest BCUT2D eigenvalue weighted by Gasteiger charge is -2.21. The number of ether oxygens (including phenoxy) is 2. The lowest BCUT2D eigenvalue weighted by molar-refractivity contribution is 0.0771. The summed E-state index contributed by atoms with van der Waals surface area (Å²) in [4.78, 5) is 27.5. The molecule has 1 aliphatic heterocycles. The van der Waals surface area contributed by atoms with Crippen LogP contribution in [0, 0.1) is 0 Å². The summed E-state index contributed by atoms with van der Waals surface area (Å²) in [6, 6.07) is 9.93. The lowest BCUT2D eigenvalue weighted by atomic mass is 9.98. The van der Waals surface area contributed by atoms with E-state index < -0.39 is 6.04 Å². The first-order valence-corrected chi connectivity index (χ1v) is 9.01. The Kier molecular flexibility index (Phi) is 4.19. The molecule has 1 aromatic heterocycles. The van der Waals surface area contributed by atoms with Crippen LogP contribution in [0.15, 0.2) is 50.1 Å². The maximum atomic E-state index is 13.2. The van der Waals surface area contributed by atoms with E-state index in [9.17, 15) is 9.59 Å². The molecule has 1 amide bonds. The molecule has 7 heteroatoms. The highest BCUT2D eigenvalue weighted by molar-refractivity contribution is 9.10. The molecule has 1 aliphatic rings. The predicted molar refractivity (Wildman–Crippen MR) is 104 cm³/mol. The van der Waals surface area contributed by atoms with Crippen molar-refractivity contribution in [2.75, 3.05) is 21.3 Å². The monoisotopic (exact) mass is 429 g/mol. The van der Waals surface area contributed by atoms with Crippen molar-refractivity contribution in [2.24, 2.45) is 0 Å². The highest BCUT2D eigenvalue weighted by atomic mass is 79.9. The van der Waals surface area contributed by atoms with E-state index in [1.807, 2.05) is 6.07 Å². The van der Waals surface area contributed by atoms with Crippen LogP contribution in [0.1, 0.15) is 27.7 Å². The fourth-order valence-electron chi connectivity index (χ4n) is 3.47. The average molecular weight is 430 g/mol. The molecule has 27 heavy (non-hydrogen) atoms. The van der Waals surface area contributed by atoms with E-state index >= 15 is 0 Å². The molecule has 0 unspecified atom stereocenters. The smallest absolute Gasteiger partial charge is 0.290 e. The molecular weight excluding hydrogens is 414 g/mol. The van der Waals surface area contributed by atoms with E-state index in [1.165, 1.54) is 4.90 Å². The number of carbonyl (C=O) groups is 1. The van der Waals surface area contributed by atoms with Gasteiger partial charge < -0.3 is 18.8 Å². The lowest BCUT2D eigenvalue weighted by Crippen LogP contribution is -2.25. The molecule has 1 atom stereocenters. The minimum Gasteiger partial charge on any atom is -0.493 e. The van der Waals surface area contributed by atoms with Gasteiger partial charge in [0.15, 0.2) is 16.9 Å². The Morgan fingerprint density at radius 2 is 1.78 bits per heavy atom. The quantitative estimate of drug-likeness (QED) is 0.633. The van der Waals surface area contributed by atoms with Crippen LogP contribution in [0.4, 0.5) is 0 Å². The number of fused-ring (bicyclic) bond motifs is 2. The summed E-state index contributed by atoms with van der Waals surface area (Å²) in [5.74, 6) is 0.851. The number of hydrogen-bond acceptors (Lipinski definition) is 5. The van der Waals surface area contributed by atoms with Gasteiger partial charge in [0.25, 0.3) is 5.91 Å². The zero-order valence-electron chi connectivity index (χ0n) is 14.9. The van der Waals surface area contributed by atoms with Crippen molar-refractivity contribution in [1.82, 2.24) is 4.90 Å². The third kappa shape index (κ3) is 2.61. The fourth-order valence-corrected chi connectivity index (χ4v) is 3.83. The van der Waals surface area contributed by atoms with E-state index in [2.05, 4.69) is 15.9 Å². The topological polar surface area (TPSA) is 69.0 Å². The second-order valence-electron chi connectivity index (χ2n) is 6.25. The van der Waals surface area contributed by atoms with Gasteiger partial charge in [-0.15, -0.1) is 0 Å². The molecule has 4 rings (SSSR count). The van der Waals surface area contributed by atoms with E-state index in [0.717, 1.165) is 10.0 Å². The third-order valence-corrected chi connectivity index (χ3v) is 5.28. The molecule has 2 heterocycles. The second-order valence-corrected chi connectivity index (χ2v) is 7.16. The first kappa shape index (κ1) is 17.6. The third-order valence-electron chi connectivity index (χ3n) is 4.79. The Morgan fingerprint density at radius 3 is 2.48 bits per heavy atom. The average Bonchev–Trinajstić information content (AvgIpc) is 2.93. The number of rotatable bonds is 3. The Labute approximate surface area is 163 Å². The van der Waals surface area contributed by atoms with Gasteiger partial charge in [0, 0.05) is 11.5 Å². The zero-order valence-corrected chi connectivity index (χ0v) is 16.5.